The molecule has 0 spiro atoms. The fraction of sp³-hybridized carbons (Fsp3) is 0.192. The van der Waals surface area contributed by atoms with Gasteiger partial charge in [0.05, 0.1) is 25.6 Å². The van der Waals surface area contributed by atoms with Crippen molar-refractivity contribution in [2.24, 2.45) is 0 Å². The molecular weight excluding hydrogens is 418 g/mol. The number of ether oxygens (including phenoxy) is 3. The Hall–Kier alpha value is -4.15. The number of nitrogen functional groups attached to an aromatic ring is 1. The standard InChI is InChI=1S/C26H27N3O4/c1-31-14-4-5-18-8-12-22(27)23(15-18)29-26(30)20-9-6-19(7-10-20)17-28-21-11-13-24(32-2)25(16-21)33-3/h6-13,15-16,28H,14,17,27H2,1-3H3,(H,29,30). The van der Waals surface area contributed by atoms with Crippen LogP contribution in [-0.4, -0.2) is 33.8 Å². The molecule has 170 valence electrons. The molecule has 0 unspecified atom stereocenters. The molecule has 4 N–H and O–H groups in total. The van der Waals surface area contributed by atoms with Crippen molar-refractivity contribution in [3.8, 4) is 23.3 Å². The number of methoxy groups -OCH3 is 3. The zero-order valence-corrected chi connectivity index (χ0v) is 18.9. The van der Waals surface area contributed by atoms with E-state index in [1.54, 1.807) is 51.7 Å². The van der Waals surface area contributed by atoms with Crippen LogP contribution >= 0.6 is 0 Å². The van der Waals surface area contributed by atoms with Gasteiger partial charge in [-0.25, -0.2) is 0 Å². The Morgan fingerprint density at radius 2 is 1.70 bits per heavy atom. The number of rotatable bonds is 8. The van der Waals surface area contributed by atoms with Crippen molar-refractivity contribution in [1.82, 2.24) is 0 Å². The first kappa shape index (κ1) is 23.5. The summed E-state index contributed by atoms with van der Waals surface area (Å²) < 4.78 is 15.5. The summed E-state index contributed by atoms with van der Waals surface area (Å²) in [6.45, 7) is 0.922. The normalized spacial score (nSPS) is 10.0. The minimum absolute atomic E-state index is 0.247. The molecule has 3 aromatic carbocycles. The van der Waals surface area contributed by atoms with E-state index in [4.69, 9.17) is 19.9 Å². The molecule has 0 aliphatic carbocycles. The van der Waals surface area contributed by atoms with Crippen molar-refractivity contribution in [3.05, 3.63) is 77.4 Å². The van der Waals surface area contributed by atoms with Crippen molar-refractivity contribution in [2.45, 2.75) is 6.54 Å². The molecule has 1 amide bonds. The lowest BCUT2D eigenvalue weighted by atomic mass is 10.1. The van der Waals surface area contributed by atoms with Crippen LogP contribution in [0.4, 0.5) is 17.1 Å². The van der Waals surface area contributed by atoms with Crippen molar-refractivity contribution in [3.63, 3.8) is 0 Å². The lowest BCUT2D eigenvalue weighted by molar-refractivity contribution is 0.102. The van der Waals surface area contributed by atoms with Gasteiger partial charge < -0.3 is 30.6 Å². The van der Waals surface area contributed by atoms with E-state index in [2.05, 4.69) is 22.5 Å². The fourth-order valence-electron chi connectivity index (χ4n) is 3.07. The smallest absolute Gasteiger partial charge is 0.255 e. The third-order valence-corrected chi connectivity index (χ3v) is 4.85. The maximum absolute atomic E-state index is 12.7. The van der Waals surface area contributed by atoms with E-state index in [0.717, 1.165) is 16.8 Å². The SMILES string of the molecule is COCC#Cc1ccc(N)c(NC(=O)c2ccc(CNc3ccc(OC)c(OC)c3)cc2)c1. The third kappa shape index (κ3) is 6.42. The van der Waals surface area contributed by atoms with Gasteiger partial charge in [-0.3, -0.25) is 4.79 Å². The van der Waals surface area contributed by atoms with E-state index in [1.807, 2.05) is 30.3 Å². The number of anilines is 3. The highest BCUT2D eigenvalue weighted by atomic mass is 16.5. The first-order valence-electron chi connectivity index (χ1n) is 10.3. The van der Waals surface area contributed by atoms with Crippen molar-refractivity contribution in [1.29, 1.82) is 0 Å². The molecule has 3 rings (SSSR count). The monoisotopic (exact) mass is 445 g/mol. The van der Waals surface area contributed by atoms with Gasteiger partial charge in [0.15, 0.2) is 11.5 Å². The number of nitrogens with two attached hydrogens (primary N) is 1. The fourth-order valence-corrected chi connectivity index (χ4v) is 3.07. The molecule has 33 heavy (non-hydrogen) atoms. The van der Waals surface area contributed by atoms with Crippen LogP contribution < -0.4 is 25.8 Å². The molecule has 0 aromatic heterocycles. The average molecular weight is 446 g/mol. The second-order valence-electron chi connectivity index (χ2n) is 7.11. The van der Waals surface area contributed by atoms with E-state index in [9.17, 15) is 4.79 Å². The second kappa shape index (κ2) is 11.5. The molecule has 0 radical (unpaired) electrons. The highest BCUT2D eigenvalue weighted by Crippen LogP contribution is 2.30. The summed E-state index contributed by atoms with van der Waals surface area (Å²) in [6.07, 6.45) is 0. The van der Waals surface area contributed by atoms with E-state index in [1.165, 1.54) is 0 Å². The maximum atomic E-state index is 12.7. The number of hydrogen-bond acceptors (Lipinski definition) is 6. The molecule has 0 saturated carbocycles. The number of amides is 1. The Morgan fingerprint density at radius 1 is 0.939 bits per heavy atom. The summed E-state index contributed by atoms with van der Waals surface area (Å²) >= 11 is 0. The van der Waals surface area contributed by atoms with Gasteiger partial charge in [0.2, 0.25) is 0 Å². The summed E-state index contributed by atoms with van der Waals surface area (Å²) in [7, 11) is 4.79. The number of nitrogens with one attached hydrogen (secondary N) is 2. The van der Waals surface area contributed by atoms with Gasteiger partial charge in [0.1, 0.15) is 6.61 Å². The summed E-state index contributed by atoms with van der Waals surface area (Å²) in [5, 5.41) is 6.19. The Balaban J connectivity index is 1.63. The Kier molecular flexibility index (Phi) is 8.17. The van der Waals surface area contributed by atoms with E-state index >= 15 is 0 Å². The Morgan fingerprint density at radius 3 is 2.39 bits per heavy atom. The molecule has 0 saturated heterocycles. The van der Waals surface area contributed by atoms with E-state index in [0.29, 0.717) is 41.6 Å². The van der Waals surface area contributed by atoms with E-state index in [-0.39, 0.29) is 5.91 Å². The summed E-state index contributed by atoms with van der Waals surface area (Å²) in [5.74, 6) is 6.93. The van der Waals surface area contributed by atoms with Crippen molar-refractivity contribution >= 4 is 23.0 Å². The zero-order valence-electron chi connectivity index (χ0n) is 18.9. The quantitative estimate of drug-likeness (QED) is 0.356. The summed E-state index contributed by atoms with van der Waals surface area (Å²) in [5.41, 5.74) is 10.2. The van der Waals surface area contributed by atoms with Gasteiger partial charge in [0.25, 0.3) is 5.91 Å². The predicted molar refractivity (Wildman–Crippen MR) is 131 cm³/mol. The molecule has 0 fully saturated rings. The molecular formula is C26H27N3O4. The Labute approximate surface area is 193 Å². The minimum Gasteiger partial charge on any atom is -0.493 e. The van der Waals surface area contributed by atoms with Gasteiger partial charge >= 0.3 is 0 Å². The largest absolute Gasteiger partial charge is 0.493 e. The van der Waals surface area contributed by atoms with E-state index < -0.39 is 0 Å². The van der Waals surface area contributed by atoms with Crippen LogP contribution in [0.15, 0.2) is 60.7 Å². The van der Waals surface area contributed by atoms with Crippen LogP contribution in [0.25, 0.3) is 0 Å². The second-order valence-corrected chi connectivity index (χ2v) is 7.11. The summed E-state index contributed by atoms with van der Waals surface area (Å²) in [4.78, 5) is 12.7. The Bertz CT molecular complexity index is 1160. The van der Waals surface area contributed by atoms with Crippen LogP contribution in [-0.2, 0) is 11.3 Å². The number of benzene rings is 3. The number of carbonyl (C=O) groups excluding carboxylic acids is 1. The van der Waals surface area contributed by atoms with Gasteiger partial charge in [0, 0.05) is 36.5 Å². The molecule has 3 aromatic rings. The molecule has 0 heterocycles. The van der Waals surface area contributed by atoms with Crippen LogP contribution in [0.1, 0.15) is 21.5 Å². The highest BCUT2D eigenvalue weighted by molar-refractivity contribution is 6.05. The topological polar surface area (TPSA) is 94.8 Å². The van der Waals surface area contributed by atoms with Gasteiger partial charge in [-0.15, -0.1) is 0 Å². The lowest BCUT2D eigenvalue weighted by Crippen LogP contribution is -2.13. The molecule has 0 atom stereocenters. The average Bonchev–Trinajstić information content (AvgIpc) is 2.84. The van der Waals surface area contributed by atoms with Crippen LogP contribution in [0.2, 0.25) is 0 Å². The zero-order chi connectivity index (χ0) is 23.6. The minimum atomic E-state index is -0.247. The third-order valence-electron chi connectivity index (χ3n) is 4.85. The first-order chi connectivity index (χ1) is 16.0. The van der Waals surface area contributed by atoms with Gasteiger partial charge in [-0.1, -0.05) is 24.0 Å². The van der Waals surface area contributed by atoms with Crippen molar-refractivity contribution < 1.29 is 19.0 Å². The van der Waals surface area contributed by atoms with Crippen LogP contribution in [0.3, 0.4) is 0 Å². The first-order valence-corrected chi connectivity index (χ1v) is 10.3. The van der Waals surface area contributed by atoms with Gasteiger partial charge in [-0.05, 0) is 48.0 Å². The molecule has 0 aliphatic heterocycles. The molecule has 7 heteroatoms. The van der Waals surface area contributed by atoms with Gasteiger partial charge in [-0.2, -0.15) is 0 Å². The maximum Gasteiger partial charge on any atom is 0.255 e. The molecule has 0 aliphatic rings. The number of carbonyl (C=O) groups is 1. The van der Waals surface area contributed by atoms with Crippen LogP contribution in [0.5, 0.6) is 11.5 Å². The predicted octanol–water partition coefficient (Wildman–Crippen LogP) is 4.15. The van der Waals surface area contributed by atoms with Crippen molar-refractivity contribution in [2.75, 3.05) is 44.3 Å². The molecule has 7 nitrogen and oxygen atoms in total. The summed E-state index contributed by atoms with van der Waals surface area (Å²) in [6, 6.07) is 18.3. The lowest BCUT2D eigenvalue weighted by Gasteiger charge is -2.12. The highest BCUT2D eigenvalue weighted by Gasteiger charge is 2.09. The number of hydrogen-bond donors (Lipinski definition) is 3. The molecule has 0 bridgehead atoms. The van der Waals surface area contributed by atoms with Crippen LogP contribution in [0, 0.1) is 11.8 Å².